The first kappa shape index (κ1) is 30.5. The van der Waals surface area contributed by atoms with Gasteiger partial charge in [0.1, 0.15) is 17.7 Å². The molecule has 0 radical (unpaired) electrons. The van der Waals surface area contributed by atoms with Crippen molar-refractivity contribution in [3.05, 3.63) is 120 Å². The third kappa shape index (κ3) is 7.72. The van der Waals surface area contributed by atoms with Crippen LogP contribution in [0.1, 0.15) is 56.3 Å². The van der Waals surface area contributed by atoms with Gasteiger partial charge in [-0.05, 0) is 79.3 Å². The van der Waals surface area contributed by atoms with Gasteiger partial charge in [-0.15, -0.1) is 0 Å². The monoisotopic (exact) mass is 589 g/mol. The fourth-order valence-electron chi connectivity index (χ4n) is 5.32. The molecule has 5 rings (SSSR count). The van der Waals surface area contributed by atoms with Crippen LogP contribution in [0.3, 0.4) is 0 Å². The van der Waals surface area contributed by atoms with Gasteiger partial charge in [-0.1, -0.05) is 91.5 Å². The first-order valence-corrected chi connectivity index (χ1v) is 15.0. The number of ether oxygens (including phenoxy) is 1. The maximum atomic E-state index is 14.6. The second-order valence-corrected chi connectivity index (χ2v) is 12.2. The average Bonchev–Trinajstić information content (AvgIpc) is 3.84. The van der Waals surface area contributed by atoms with Crippen LogP contribution in [0.15, 0.2) is 104 Å². The molecule has 7 heteroatoms. The lowest BCUT2D eigenvalue weighted by atomic mass is 9.98. The van der Waals surface area contributed by atoms with Crippen LogP contribution < -0.4 is 10.6 Å². The van der Waals surface area contributed by atoms with Crippen molar-refractivity contribution in [3.63, 3.8) is 0 Å². The molecular formula is C37H39N3O4. The Hall–Kier alpha value is -4.91. The molecule has 0 bridgehead atoms. The summed E-state index contributed by atoms with van der Waals surface area (Å²) in [6.07, 6.45) is 2.79. The molecule has 2 N–H and O–H groups in total. The lowest BCUT2D eigenvalue weighted by Gasteiger charge is -2.35. The largest absolute Gasteiger partial charge is 0.444 e. The maximum absolute atomic E-state index is 14.6. The van der Waals surface area contributed by atoms with Gasteiger partial charge in [0.05, 0.1) is 0 Å². The van der Waals surface area contributed by atoms with Crippen molar-refractivity contribution < 1.29 is 19.1 Å². The minimum Gasteiger partial charge on any atom is -0.444 e. The Labute approximate surface area is 258 Å². The third-order valence-corrected chi connectivity index (χ3v) is 7.47. The number of hydrogen-bond donors (Lipinski definition) is 2. The van der Waals surface area contributed by atoms with Crippen molar-refractivity contribution in [2.24, 2.45) is 0 Å². The molecule has 2 atom stereocenters. The van der Waals surface area contributed by atoms with Gasteiger partial charge in [0.15, 0.2) is 0 Å². The van der Waals surface area contributed by atoms with E-state index in [1.54, 1.807) is 31.7 Å². The zero-order chi connectivity index (χ0) is 31.3. The molecule has 1 saturated carbocycles. The van der Waals surface area contributed by atoms with Crippen molar-refractivity contribution in [3.8, 4) is 0 Å². The van der Waals surface area contributed by atoms with Gasteiger partial charge in [0, 0.05) is 18.2 Å². The molecule has 0 heterocycles. The molecule has 4 aromatic rings. The summed E-state index contributed by atoms with van der Waals surface area (Å²) < 4.78 is 5.54. The van der Waals surface area contributed by atoms with Crippen molar-refractivity contribution in [1.29, 1.82) is 0 Å². The van der Waals surface area contributed by atoms with Gasteiger partial charge in [0.2, 0.25) is 5.91 Å². The van der Waals surface area contributed by atoms with E-state index < -0.39 is 23.8 Å². The van der Waals surface area contributed by atoms with Crippen LogP contribution in [-0.2, 0) is 20.7 Å². The lowest BCUT2D eigenvalue weighted by Crippen LogP contribution is -2.54. The molecule has 4 aromatic carbocycles. The highest BCUT2D eigenvalue weighted by atomic mass is 16.6. The Morgan fingerprint density at radius 3 is 2.30 bits per heavy atom. The minimum absolute atomic E-state index is 0.152. The Balaban J connectivity index is 1.52. The van der Waals surface area contributed by atoms with Crippen LogP contribution >= 0.6 is 0 Å². The highest BCUT2D eigenvalue weighted by Crippen LogP contribution is 2.37. The highest BCUT2D eigenvalue weighted by Gasteiger charge is 2.44. The van der Waals surface area contributed by atoms with Crippen LogP contribution in [0.5, 0.6) is 0 Å². The predicted molar refractivity (Wildman–Crippen MR) is 175 cm³/mol. The summed E-state index contributed by atoms with van der Waals surface area (Å²) in [5, 5.41) is 7.96. The summed E-state index contributed by atoms with van der Waals surface area (Å²) in [7, 11) is 0. The van der Waals surface area contributed by atoms with E-state index in [-0.39, 0.29) is 24.3 Å². The van der Waals surface area contributed by atoms with E-state index in [0.29, 0.717) is 11.3 Å². The van der Waals surface area contributed by atoms with Crippen LogP contribution in [0.2, 0.25) is 0 Å². The van der Waals surface area contributed by atoms with Crippen LogP contribution in [-0.4, -0.2) is 40.5 Å². The van der Waals surface area contributed by atoms with Gasteiger partial charge < -0.3 is 20.3 Å². The molecule has 0 aromatic heterocycles. The maximum Gasteiger partial charge on any atom is 0.408 e. The molecular weight excluding hydrogens is 550 g/mol. The van der Waals surface area contributed by atoms with E-state index in [1.165, 1.54) is 0 Å². The number of carbonyl (C=O) groups excluding carboxylic acids is 3. The lowest BCUT2D eigenvalue weighted by molar-refractivity contribution is -0.141. The SMILES string of the molecule is C=Cc1cccc(C(C(=O)Nc2ccc3ccccc3c2)N(C(=O)C(Cc2ccccc2)NC(=O)OC(C)(C)C)C2CC2)c1. The highest BCUT2D eigenvalue weighted by molar-refractivity contribution is 6.00. The van der Waals surface area contributed by atoms with Crippen molar-refractivity contribution in [1.82, 2.24) is 10.2 Å². The number of nitrogens with zero attached hydrogens (tertiary/aromatic N) is 1. The van der Waals surface area contributed by atoms with Gasteiger partial charge in [-0.3, -0.25) is 9.59 Å². The number of hydrogen-bond acceptors (Lipinski definition) is 4. The second-order valence-electron chi connectivity index (χ2n) is 12.2. The Bertz CT molecular complexity index is 1660. The average molecular weight is 590 g/mol. The number of nitrogens with one attached hydrogen (secondary N) is 2. The number of benzene rings is 4. The number of anilines is 1. The fraction of sp³-hybridized carbons (Fsp3) is 0.270. The Morgan fingerprint density at radius 1 is 0.909 bits per heavy atom. The smallest absolute Gasteiger partial charge is 0.408 e. The molecule has 226 valence electrons. The molecule has 3 amide bonds. The Kier molecular flexibility index (Phi) is 9.14. The number of alkyl carbamates (subject to hydrolysis) is 1. The van der Waals surface area contributed by atoms with Gasteiger partial charge in [-0.25, -0.2) is 4.79 Å². The van der Waals surface area contributed by atoms with Crippen LogP contribution in [0.4, 0.5) is 10.5 Å². The van der Waals surface area contributed by atoms with Gasteiger partial charge in [0.25, 0.3) is 5.91 Å². The summed E-state index contributed by atoms with van der Waals surface area (Å²) in [4.78, 5) is 43.5. The molecule has 0 aliphatic heterocycles. The van der Waals surface area contributed by atoms with E-state index in [2.05, 4.69) is 17.2 Å². The van der Waals surface area contributed by atoms with E-state index in [1.807, 2.05) is 97.1 Å². The van der Waals surface area contributed by atoms with E-state index in [9.17, 15) is 14.4 Å². The summed E-state index contributed by atoms with van der Waals surface area (Å²) in [5.41, 5.74) is 2.27. The first-order chi connectivity index (χ1) is 21.1. The Morgan fingerprint density at radius 2 is 1.61 bits per heavy atom. The normalized spacial score (nSPS) is 14.2. The summed E-state index contributed by atoms with van der Waals surface area (Å²) in [5.74, 6) is -0.678. The van der Waals surface area contributed by atoms with Gasteiger partial charge in [-0.2, -0.15) is 0 Å². The molecule has 44 heavy (non-hydrogen) atoms. The third-order valence-electron chi connectivity index (χ3n) is 7.47. The zero-order valence-electron chi connectivity index (χ0n) is 25.5. The predicted octanol–water partition coefficient (Wildman–Crippen LogP) is 7.29. The quantitative estimate of drug-likeness (QED) is 0.203. The number of rotatable bonds is 10. The molecule has 0 saturated heterocycles. The van der Waals surface area contributed by atoms with Crippen LogP contribution in [0.25, 0.3) is 16.8 Å². The molecule has 1 aliphatic rings. The van der Waals surface area contributed by atoms with Crippen LogP contribution in [0, 0.1) is 0 Å². The molecule has 1 fully saturated rings. The minimum atomic E-state index is -0.952. The van der Waals surface area contributed by atoms with Gasteiger partial charge >= 0.3 is 6.09 Å². The fourth-order valence-corrected chi connectivity index (χ4v) is 5.32. The van der Waals surface area contributed by atoms with Crippen molar-refractivity contribution >= 4 is 40.4 Å². The number of amides is 3. The second kappa shape index (κ2) is 13.2. The molecule has 2 unspecified atom stereocenters. The number of carbonyl (C=O) groups is 3. The first-order valence-electron chi connectivity index (χ1n) is 15.0. The molecule has 1 aliphatic carbocycles. The van der Waals surface area contributed by atoms with E-state index in [4.69, 9.17) is 4.74 Å². The van der Waals surface area contributed by atoms with Crippen molar-refractivity contribution in [2.75, 3.05) is 5.32 Å². The van der Waals surface area contributed by atoms with E-state index in [0.717, 1.165) is 34.7 Å². The summed E-state index contributed by atoms with van der Waals surface area (Å²) in [6.45, 7) is 9.22. The summed E-state index contributed by atoms with van der Waals surface area (Å²) in [6, 6.07) is 28.6. The van der Waals surface area contributed by atoms with Crippen molar-refractivity contribution in [2.45, 2.75) is 63.8 Å². The molecule has 0 spiro atoms. The standard InChI is InChI=1S/C37H39N3O4/c1-5-25-14-11-17-29(22-25)33(34(41)38-30-19-18-27-15-9-10-16-28(27)24-30)40(31-20-21-31)35(42)32(23-26-12-7-6-8-13-26)39-36(43)44-37(2,3)4/h5-19,22,24,31-33H,1,20-21,23H2,2-4H3,(H,38,41)(H,39,43). The summed E-state index contributed by atoms with van der Waals surface area (Å²) >= 11 is 0. The zero-order valence-corrected chi connectivity index (χ0v) is 25.5. The molecule has 7 nitrogen and oxygen atoms in total. The van der Waals surface area contributed by atoms with E-state index >= 15 is 0 Å². The topological polar surface area (TPSA) is 87.7 Å². The number of fused-ring (bicyclic) bond motifs is 1.